The number of piperidine rings is 3. The first-order chi connectivity index (χ1) is 19.4. The number of hydrogen-bond donors (Lipinski definition) is 2. The first-order valence-electron chi connectivity index (χ1n) is 14.3. The Labute approximate surface area is 235 Å². The molecule has 1 saturated carbocycles. The summed E-state index contributed by atoms with van der Waals surface area (Å²) in [5, 5.41) is 6.51. The molecule has 0 radical (unpaired) electrons. The zero-order valence-electron chi connectivity index (χ0n) is 23.2. The van der Waals surface area contributed by atoms with E-state index in [1.54, 1.807) is 37.4 Å². The van der Waals surface area contributed by atoms with Crippen LogP contribution in [0.25, 0.3) is 0 Å². The number of terminal acetylenes is 1. The lowest BCUT2D eigenvalue weighted by atomic mass is 9.84. The van der Waals surface area contributed by atoms with Crippen LogP contribution in [-0.4, -0.2) is 79.1 Å². The second-order valence-electron chi connectivity index (χ2n) is 11.4. The second kappa shape index (κ2) is 11.0. The molecule has 1 aliphatic carbocycles. The zero-order chi connectivity index (χ0) is 27.8. The first-order valence-corrected chi connectivity index (χ1v) is 14.3. The summed E-state index contributed by atoms with van der Waals surface area (Å²) in [5.41, 5.74) is 1.84. The van der Waals surface area contributed by atoms with Crippen molar-refractivity contribution in [3.8, 4) is 18.1 Å². The Morgan fingerprint density at radius 1 is 1.15 bits per heavy atom. The summed E-state index contributed by atoms with van der Waals surface area (Å²) in [6.45, 7) is 3.61. The van der Waals surface area contributed by atoms with Crippen molar-refractivity contribution in [3.63, 3.8) is 0 Å². The number of methoxy groups -OCH3 is 1. The van der Waals surface area contributed by atoms with Gasteiger partial charge in [0.1, 0.15) is 17.4 Å². The molecule has 2 N–H and O–H groups in total. The molecular formula is C30H37N7O3. The monoisotopic (exact) mass is 543 g/mol. The highest BCUT2D eigenvalue weighted by Crippen LogP contribution is 2.38. The van der Waals surface area contributed by atoms with Gasteiger partial charge in [-0.2, -0.15) is 4.98 Å². The number of aromatic nitrogens is 2. The lowest BCUT2D eigenvalue weighted by Gasteiger charge is -2.44. The molecule has 5 aliphatic rings. The predicted octanol–water partition coefficient (Wildman–Crippen LogP) is 3.03. The molecule has 2 unspecified atom stereocenters. The van der Waals surface area contributed by atoms with E-state index >= 15 is 0 Å². The Morgan fingerprint density at radius 3 is 2.60 bits per heavy atom. The smallest absolute Gasteiger partial charge is 0.251 e. The molecule has 10 heteroatoms. The normalized spacial score (nSPS) is 26.2. The van der Waals surface area contributed by atoms with Crippen molar-refractivity contribution in [2.24, 2.45) is 11.8 Å². The van der Waals surface area contributed by atoms with Crippen LogP contribution in [-0.2, 0) is 4.79 Å². The highest BCUT2D eigenvalue weighted by Gasteiger charge is 2.37. The molecule has 1 aromatic carbocycles. The minimum atomic E-state index is -0.545. The Kier molecular flexibility index (Phi) is 7.24. The van der Waals surface area contributed by atoms with E-state index in [0.29, 0.717) is 46.9 Å². The molecule has 10 nitrogen and oxygen atoms in total. The molecule has 2 bridgehead atoms. The summed E-state index contributed by atoms with van der Waals surface area (Å²) in [7, 11) is 3.30. The molecule has 5 heterocycles. The van der Waals surface area contributed by atoms with Crippen LogP contribution in [0, 0.1) is 24.2 Å². The van der Waals surface area contributed by atoms with Crippen LogP contribution in [0.5, 0.6) is 5.75 Å². The fourth-order valence-corrected chi connectivity index (χ4v) is 6.69. The van der Waals surface area contributed by atoms with Gasteiger partial charge < -0.3 is 30.1 Å². The van der Waals surface area contributed by atoms with Gasteiger partial charge in [0.05, 0.1) is 19.0 Å². The predicted molar refractivity (Wildman–Crippen MR) is 154 cm³/mol. The molecule has 4 fully saturated rings. The van der Waals surface area contributed by atoms with Crippen molar-refractivity contribution in [3.05, 3.63) is 30.0 Å². The molecule has 40 heavy (non-hydrogen) atoms. The summed E-state index contributed by atoms with van der Waals surface area (Å²) in [6.07, 6.45) is 14.1. The minimum Gasteiger partial charge on any atom is -0.495 e. The number of nitrogens with one attached hydrogen (secondary N) is 2. The van der Waals surface area contributed by atoms with Gasteiger partial charge in [-0.3, -0.25) is 9.59 Å². The number of carbonyl (C=O) groups excluding carboxylic acids is 2. The summed E-state index contributed by atoms with van der Waals surface area (Å²) in [5.74, 6) is 4.07. The molecule has 2 aromatic rings. The third kappa shape index (κ3) is 4.94. The van der Waals surface area contributed by atoms with Crippen LogP contribution >= 0.6 is 0 Å². The van der Waals surface area contributed by atoms with Crippen LogP contribution in [0.4, 0.5) is 23.1 Å². The maximum Gasteiger partial charge on any atom is 0.251 e. The van der Waals surface area contributed by atoms with E-state index in [0.717, 1.165) is 58.2 Å². The number of benzene rings is 1. The first kappa shape index (κ1) is 26.4. The van der Waals surface area contributed by atoms with Gasteiger partial charge in [0.25, 0.3) is 5.91 Å². The van der Waals surface area contributed by atoms with Gasteiger partial charge in [-0.1, -0.05) is 18.8 Å². The number of amides is 2. The van der Waals surface area contributed by atoms with Gasteiger partial charge in [0.2, 0.25) is 11.9 Å². The molecule has 0 spiro atoms. The van der Waals surface area contributed by atoms with Crippen molar-refractivity contribution in [2.75, 3.05) is 55.5 Å². The summed E-state index contributed by atoms with van der Waals surface area (Å²) < 4.78 is 5.65. The van der Waals surface area contributed by atoms with Crippen LogP contribution in [0.2, 0.25) is 0 Å². The SMILES string of the molecule is C#CC1CN(C2CCCC2)c2nc(Nc3ccc(C(=O)NC4CN5CCC4CC5)cc3OC)ncc2N(C)C1=O. The van der Waals surface area contributed by atoms with Crippen LogP contribution in [0.3, 0.4) is 0 Å². The van der Waals surface area contributed by atoms with Crippen molar-refractivity contribution in [2.45, 2.75) is 50.6 Å². The molecule has 1 aromatic heterocycles. The van der Waals surface area contributed by atoms with E-state index < -0.39 is 5.92 Å². The number of rotatable bonds is 6. The lowest BCUT2D eigenvalue weighted by Crippen LogP contribution is -2.57. The van der Waals surface area contributed by atoms with E-state index in [-0.39, 0.29) is 23.9 Å². The molecule has 4 aliphatic heterocycles. The molecule has 2 atom stereocenters. The Morgan fingerprint density at radius 2 is 1.93 bits per heavy atom. The number of ether oxygens (including phenoxy) is 1. The summed E-state index contributed by atoms with van der Waals surface area (Å²) >= 11 is 0. The number of nitrogens with zero attached hydrogens (tertiary/aromatic N) is 5. The number of anilines is 4. The summed E-state index contributed by atoms with van der Waals surface area (Å²) in [6, 6.07) is 5.82. The van der Waals surface area contributed by atoms with Crippen molar-refractivity contribution in [1.82, 2.24) is 20.2 Å². The van der Waals surface area contributed by atoms with Gasteiger partial charge in [0.15, 0.2) is 5.82 Å². The van der Waals surface area contributed by atoms with Crippen LogP contribution in [0.1, 0.15) is 48.9 Å². The number of hydrogen-bond acceptors (Lipinski definition) is 8. The van der Waals surface area contributed by atoms with Gasteiger partial charge in [-0.25, -0.2) is 4.98 Å². The molecule has 2 amide bonds. The second-order valence-corrected chi connectivity index (χ2v) is 11.4. The van der Waals surface area contributed by atoms with Crippen LogP contribution in [0.15, 0.2) is 24.4 Å². The molecule has 3 saturated heterocycles. The fraction of sp³-hybridized carbons (Fsp3) is 0.533. The third-order valence-corrected chi connectivity index (χ3v) is 9.04. The highest BCUT2D eigenvalue weighted by molar-refractivity contribution is 6.00. The van der Waals surface area contributed by atoms with E-state index in [2.05, 4.69) is 31.3 Å². The molecule has 210 valence electrons. The standard InChI is InChI=1S/C30H37N7O3/c1-4-19-17-37(22-7-5-6-8-22)27-25(35(2)29(19)39)16-31-30(34-27)33-23-10-9-21(15-26(23)40-3)28(38)32-24-18-36-13-11-20(24)12-14-36/h1,9-10,15-16,19-20,22,24H,5-8,11-14,17-18H2,2-3H3,(H,32,38)(H,31,33,34). The van der Waals surface area contributed by atoms with Crippen molar-refractivity contribution < 1.29 is 14.3 Å². The van der Waals surface area contributed by atoms with E-state index in [4.69, 9.17) is 16.1 Å². The fourth-order valence-electron chi connectivity index (χ4n) is 6.69. The van der Waals surface area contributed by atoms with Gasteiger partial charge in [-0.15, -0.1) is 6.42 Å². The zero-order valence-corrected chi connectivity index (χ0v) is 23.2. The number of fused-ring (bicyclic) bond motifs is 4. The maximum atomic E-state index is 13.1. The topological polar surface area (TPSA) is 103 Å². The van der Waals surface area contributed by atoms with E-state index in [1.807, 2.05) is 6.07 Å². The average Bonchev–Trinajstić information content (AvgIpc) is 3.49. The Balaban J connectivity index is 1.24. The van der Waals surface area contributed by atoms with Gasteiger partial charge in [0, 0.05) is 37.8 Å². The molecular weight excluding hydrogens is 506 g/mol. The maximum absolute atomic E-state index is 13.1. The van der Waals surface area contributed by atoms with Crippen LogP contribution < -0.4 is 25.2 Å². The minimum absolute atomic E-state index is 0.0899. The van der Waals surface area contributed by atoms with E-state index in [1.165, 1.54) is 0 Å². The summed E-state index contributed by atoms with van der Waals surface area (Å²) in [4.78, 5) is 41.7. The van der Waals surface area contributed by atoms with Crippen molar-refractivity contribution >= 4 is 35.0 Å². The molecule has 7 rings (SSSR count). The quantitative estimate of drug-likeness (QED) is 0.536. The Bertz CT molecular complexity index is 1330. The highest BCUT2D eigenvalue weighted by atomic mass is 16.5. The van der Waals surface area contributed by atoms with Crippen molar-refractivity contribution in [1.29, 1.82) is 0 Å². The average molecular weight is 544 g/mol. The Hall–Kier alpha value is -3.84. The third-order valence-electron chi connectivity index (χ3n) is 9.04. The van der Waals surface area contributed by atoms with Gasteiger partial charge in [-0.05, 0) is 62.9 Å². The largest absolute Gasteiger partial charge is 0.495 e. The van der Waals surface area contributed by atoms with Gasteiger partial charge >= 0.3 is 0 Å². The van der Waals surface area contributed by atoms with E-state index in [9.17, 15) is 9.59 Å². The number of carbonyl (C=O) groups is 2. The lowest BCUT2D eigenvalue weighted by molar-refractivity contribution is -0.120.